The van der Waals surface area contributed by atoms with Gasteiger partial charge in [0.25, 0.3) is 0 Å². The second-order valence-corrected chi connectivity index (χ2v) is 7.14. The summed E-state index contributed by atoms with van der Waals surface area (Å²) in [6, 6.07) is 0.331. The van der Waals surface area contributed by atoms with E-state index in [1.807, 2.05) is 4.90 Å². The number of nitrogens with zero attached hydrogens (tertiary/aromatic N) is 7. The van der Waals surface area contributed by atoms with E-state index >= 15 is 0 Å². The van der Waals surface area contributed by atoms with Crippen molar-refractivity contribution in [2.75, 3.05) is 18.8 Å². The molecular formula is C13H16BrN7O2S. The molecule has 1 fully saturated rings. The van der Waals surface area contributed by atoms with Gasteiger partial charge in [-0.1, -0.05) is 11.8 Å². The van der Waals surface area contributed by atoms with Crippen LogP contribution in [-0.4, -0.2) is 65.9 Å². The zero-order chi connectivity index (χ0) is 16.9. The van der Waals surface area contributed by atoms with Gasteiger partial charge >= 0.3 is 6.01 Å². The van der Waals surface area contributed by atoms with Crippen molar-refractivity contribution in [2.45, 2.75) is 24.1 Å². The van der Waals surface area contributed by atoms with Gasteiger partial charge in [0, 0.05) is 26.0 Å². The van der Waals surface area contributed by atoms with E-state index in [2.05, 4.69) is 41.4 Å². The van der Waals surface area contributed by atoms with Crippen molar-refractivity contribution in [3.05, 3.63) is 16.9 Å². The molecule has 1 aliphatic heterocycles. The van der Waals surface area contributed by atoms with Gasteiger partial charge in [0.05, 0.1) is 16.8 Å². The first-order valence-electron chi connectivity index (χ1n) is 7.39. The molecule has 2 aromatic heterocycles. The molecule has 0 aromatic carbocycles. The standard InChI is InChI=1S/C13H16BrN7O2S/c1-20-13(17-18-19-20)24-8-11(22)21-4-2-3-10(7-21)23-12-15-5-9(14)6-16-12/h5-6,10H,2-4,7-8H2,1H3. The van der Waals surface area contributed by atoms with E-state index in [1.54, 1.807) is 24.1 Å². The summed E-state index contributed by atoms with van der Waals surface area (Å²) in [6.45, 7) is 1.27. The summed E-state index contributed by atoms with van der Waals surface area (Å²) in [5.74, 6) is 0.350. The van der Waals surface area contributed by atoms with Crippen LogP contribution >= 0.6 is 27.7 Å². The monoisotopic (exact) mass is 413 g/mol. The van der Waals surface area contributed by atoms with E-state index in [-0.39, 0.29) is 12.0 Å². The minimum Gasteiger partial charge on any atom is -0.458 e. The lowest BCUT2D eigenvalue weighted by molar-refractivity contribution is -0.131. The summed E-state index contributed by atoms with van der Waals surface area (Å²) in [6.07, 6.45) is 4.96. The number of piperidine rings is 1. The summed E-state index contributed by atoms with van der Waals surface area (Å²) in [4.78, 5) is 22.4. The first kappa shape index (κ1) is 17.1. The van der Waals surface area contributed by atoms with E-state index in [4.69, 9.17) is 4.74 Å². The molecular weight excluding hydrogens is 398 g/mol. The van der Waals surface area contributed by atoms with Crippen molar-refractivity contribution in [3.63, 3.8) is 0 Å². The number of halogens is 1. The van der Waals surface area contributed by atoms with Crippen molar-refractivity contribution in [1.82, 2.24) is 35.1 Å². The third kappa shape index (κ3) is 4.41. The fourth-order valence-electron chi connectivity index (χ4n) is 2.33. The molecule has 1 amide bonds. The number of aryl methyl sites for hydroxylation is 1. The molecule has 1 unspecified atom stereocenters. The molecule has 0 bridgehead atoms. The maximum absolute atomic E-state index is 12.4. The Balaban J connectivity index is 1.51. The average molecular weight is 414 g/mol. The van der Waals surface area contributed by atoms with Crippen LogP contribution in [0.2, 0.25) is 0 Å². The Hall–Kier alpha value is -1.75. The number of ether oxygens (including phenoxy) is 1. The van der Waals surface area contributed by atoms with Crippen LogP contribution < -0.4 is 4.74 Å². The van der Waals surface area contributed by atoms with Gasteiger partial charge in [0.15, 0.2) is 0 Å². The minimum absolute atomic E-state index is 0.0491. The normalized spacial score (nSPS) is 17.8. The van der Waals surface area contributed by atoms with Crippen LogP contribution in [-0.2, 0) is 11.8 Å². The number of hydrogen-bond acceptors (Lipinski definition) is 8. The zero-order valence-corrected chi connectivity index (χ0v) is 15.4. The second kappa shape index (κ2) is 7.88. The van der Waals surface area contributed by atoms with Crippen LogP contribution in [0.1, 0.15) is 12.8 Å². The summed E-state index contributed by atoms with van der Waals surface area (Å²) in [5.41, 5.74) is 0. The van der Waals surface area contributed by atoms with Gasteiger partial charge in [-0.25, -0.2) is 14.6 Å². The lowest BCUT2D eigenvalue weighted by Crippen LogP contribution is -2.45. The maximum atomic E-state index is 12.4. The van der Waals surface area contributed by atoms with Crippen molar-refractivity contribution in [1.29, 1.82) is 0 Å². The number of carbonyl (C=O) groups is 1. The summed E-state index contributed by atoms with van der Waals surface area (Å²) < 4.78 is 8.12. The van der Waals surface area contributed by atoms with Gasteiger partial charge in [-0.2, -0.15) is 0 Å². The molecule has 24 heavy (non-hydrogen) atoms. The first-order valence-corrected chi connectivity index (χ1v) is 9.17. The molecule has 0 spiro atoms. The number of rotatable bonds is 5. The van der Waals surface area contributed by atoms with E-state index < -0.39 is 0 Å². The Morgan fingerprint density at radius 1 is 1.46 bits per heavy atom. The molecule has 9 nitrogen and oxygen atoms in total. The zero-order valence-electron chi connectivity index (χ0n) is 13.0. The number of hydrogen-bond donors (Lipinski definition) is 0. The molecule has 0 saturated carbocycles. The first-order chi connectivity index (χ1) is 11.6. The Morgan fingerprint density at radius 2 is 2.25 bits per heavy atom. The molecule has 1 aliphatic rings. The van der Waals surface area contributed by atoms with Gasteiger partial charge in [-0.15, -0.1) is 5.10 Å². The lowest BCUT2D eigenvalue weighted by atomic mass is 10.1. The Labute approximate surface area is 151 Å². The Kier molecular flexibility index (Phi) is 5.61. The summed E-state index contributed by atoms with van der Waals surface area (Å²) in [7, 11) is 1.75. The molecule has 0 N–H and O–H groups in total. The highest BCUT2D eigenvalue weighted by molar-refractivity contribution is 9.10. The predicted octanol–water partition coefficient (Wildman–Crippen LogP) is 0.925. The Morgan fingerprint density at radius 3 is 2.96 bits per heavy atom. The van der Waals surface area contributed by atoms with Crippen LogP contribution in [0.4, 0.5) is 0 Å². The number of tetrazole rings is 1. The van der Waals surface area contributed by atoms with Gasteiger partial charge < -0.3 is 9.64 Å². The number of aromatic nitrogens is 6. The topological polar surface area (TPSA) is 98.9 Å². The number of thioether (sulfide) groups is 1. The molecule has 1 atom stereocenters. The summed E-state index contributed by atoms with van der Waals surface area (Å²) >= 11 is 4.61. The average Bonchev–Trinajstić information content (AvgIpc) is 3.00. The highest BCUT2D eigenvalue weighted by atomic mass is 79.9. The second-order valence-electron chi connectivity index (χ2n) is 5.28. The summed E-state index contributed by atoms with van der Waals surface area (Å²) in [5, 5.41) is 11.8. The minimum atomic E-state index is -0.0922. The van der Waals surface area contributed by atoms with Crippen molar-refractivity contribution in [3.8, 4) is 6.01 Å². The van der Waals surface area contributed by atoms with E-state index in [0.717, 1.165) is 23.9 Å². The molecule has 3 heterocycles. The largest absolute Gasteiger partial charge is 0.458 e. The van der Waals surface area contributed by atoms with Gasteiger partial charge in [0.2, 0.25) is 11.1 Å². The molecule has 2 aromatic rings. The number of carbonyl (C=O) groups excluding carboxylic acids is 1. The van der Waals surface area contributed by atoms with Crippen molar-refractivity contribution >= 4 is 33.6 Å². The molecule has 1 saturated heterocycles. The van der Waals surface area contributed by atoms with Crippen LogP contribution in [0.15, 0.2) is 22.0 Å². The molecule has 0 aliphatic carbocycles. The van der Waals surface area contributed by atoms with Gasteiger partial charge in [0.1, 0.15) is 6.10 Å². The Bertz CT molecular complexity index is 696. The van der Waals surface area contributed by atoms with Crippen molar-refractivity contribution in [2.24, 2.45) is 7.05 Å². The number of likely N-dealkylation sites (tertiary alicyclic amines) is 1. The van der Waals surface area contributed by atoms with Gasteiger partial charge in [-0.05, 0) is 39.2 Å². The van der Waals surface area contributed by atoms with Crippen LogP contribution in [0, 0.1) is 0 Å². The van der Waals surface area contributed by atoms with Crippen LogP contribution in [0.5, 0.6) is 6.01 Å². The van der Waals surface area contributed by atoms with E-state index in [1.165, 1.54) is 11.8 Å². The molecule has 11 heteroatoms. The van der Waals surface area contributed by atoms with Crippen LogP contribution in [0.3, 0.4) is 0 Å². The highest BCUT2D eigenvalue weighted by Gasteiger charge is 2.25. The van der Waals surface area contributed by atoms with E-state index in [9.17, 15) is 4.79 Å². The quantitative estimate of drug-likeness (QED) is 0.667. The number of amides is 1. The van der Waals surface area contributed by atoms with Gasteiger partial charge in [-0.3, -0.25) is 4.79 Å². The fourth-order valence-corrected chi connectivity index (χ4v) is 3.29. The third-order valence-corrected chi connectivity index (χ3v) is 4.91. The smallest absolute Gasteiger partial charge is 0.316 e. The molecule has 3 rings (SSSR count). The van der Waals surface area contributed by atoms with E-state index in [0.29, 0.717) is 23.5 Å². The van der Waals surface area contributed by atoms with Crippen molar-refractivity contribution < 1.29 is 9.53 Å². The van der Waals surface area contributed by atoms with Crippen LogP contribution in [0.25, 0.3) is 0 Å². The SMILES string of the molecule is Cn1nnnc1SCC(=O)N1CCCC(Oc2ncc(Br)cn2)C1. The maximum Gasteiger partial charge on any atom is 0.316 e. The predicted molar refractivity (Wildman–Crippen MR) is 89.5 cm³/mol. The highest BCUT2D eigenvalue weighted by Crippen LogP contribution is 2.19. The fraction of sp³-hybridized carbons (Fsp3) is 0.538. The third-order valence-electron chi connectivity index (χ3n) is 3.51. The molecule has 0 radical (unpaired) electrons. The molecule has 128 valence electrons. The lowest BCUT2D eigenvalue weighted by Gasteiger charge is -2.32.